The fraction of sp³-hybridized carbons (Fsp3) is 0.190. The first-order valence-corrected chi connectivity index (χ1v) is 9.63. The van der Waals surface area contributed by atoms with Crippen LogP contribution < -0.4 is 16.0 Å². The molecule has 1 unspecified atom stereocenters. The normalized spacial score (nSPS) is 12.3. The van der Waals surface area contributed by atoms with Crippen molar-refractivity contribution in [1.82, 2.24) is 19.1 Å². The Balaban J connectivity index is 1.81. The largest absolute Gasteiger partial charge is 0.456 e. The third-order valence-electron chi connectivity index (χ3n) is 4.62. The average Bonchev–Trinajstić information content (AvgIpc) is 3.05. The van der Waals surface area contributed by atoms with Gasteiger partial charge in [-0.25, -0.2) is 9.78 Å². The molecule has 0 saturated heterocycles. The van der Waals surface area contributed by atoms with Crippen LogP contribution in [0.4, 0.5) is 0 Å². The number of fused-ring (bicyclic) bond motifs is 1. The fourth-order valence-corrected chi connectivity index (χ4v) is 3.50. The first kappa shape index (κ1) is 19.9. The number of hydrogen-bond acceptors (Lipinski definition) is 5. The molecule has 0 aliphatic heterocycles. The van der Waals surface area contributed by atoms with E-state index in [0.29, 0.717) is 27.9 Å². The molecule has 9 heteroatoms. The van der Waals surface area contributed by atoms with Crippen molar-refractivity contribution < 1.29 is 9.84 Å². The van der Waals surface area contributed by atoms with Gasteiger partial charge in [-0.3, -0.25) is 14.3 Å². The lowest BCUT2D eigenvalue weighted by Gasteiger charge is -2.09. The van der Waals surface area contributed by atoms with Gasteiger partial charge in [0.2, 0.25) is 0 Å². The number of rotatable bonds is 5. The summed E-state index contributed by atoms with van der Waals surface area (Å²) in [7, 11) is 1.68. The minimum absolute atomic E-state index is 0.00712. The van der Waals surface area contributed by atoms with Crippen LogP contribution in [0.15, 0.2) is 58.1 Å². The number of nitrogens with zero attached hydrogens (tertiary/aromatic N) is 3. The Labute approximate surface area is 176 Å². The Morgan fingerprint density at radius 1 is 1.20 bits per heavy atom. The summed E-state index contributed by atoms with van der Waals surface area (Å²) < 4.78 is 8.64. The lowest BCUT2D eigenvalue weighted by atomic mass is 10.2. The van der Waals surface area contributed by atoms with Crippen molar-refractivity contribution in [2.45, 2.75) is 19.6 Å². The maximum atomic E-state index is 12.4. The topological polar surface area (TPSA) is 102 Å². The molecule has 4 aromatic rings. The van der Waals surface area contributed by atoms with Crippen LogP contribution >= 0.6 is 11.6 Å². The van der Waals surface area contributed by atoms with E-state index in [1.165, 1.54) is 4.57 Å². The number of imidazole rings is 1. The summed E-state index contributed by atoms with van der Waals surface area (Å²) in [6, 6.07) is 14.4. The number of nitrogens with one attached hydrogen (secondary N) is 1. The number of para-hydroxylation sites is 1. The highest BCUT2D eigenvalue weighted by atomic mass is 35.5. The number of aryl methyl sites for hydroxylation is 1. The first-order valence-electron chi connectivity index (χ1n) is 9.25. The molecular formula is C21H19ClN4O4. The quantitative estimate of drug-likeness (QED) is 0.511. The smallest absolute Gasteiger partial charge is 0.330 e. The van der Waals surface area contributed by atoms with Gasteiger partial charge < -0.3 is 14.4 Å². The molecule has 0 spiro atoms. The van der Waals surface area contributed by atoms with Gasteiger partial charge in [-0.05, 0) is 37.3 Å². The zero-order valence-electron chi connectivity index (χ0n) is 16.3. The zero-order chi connectivity index (χ0) is 21.4. The van der Waals surface area contributed by atoms with Crippen LogP contribution in [0.1, 0.15) is 6.92 Å². The summed E-state index contributed by atoms with van der Waals surface area (Å²) in [5, 5.41) is 10.1. The third-order valence-corrected chi connectivity index (χ3v) is 4.92. The summed E-state index contributed by atoms with van der Waals surface area (Å²) in [6.45, 7) is 1.56. The minimum Gasteiger partial charge on any atom is -0.456 e. The Hall–Kier alpha value is -3.36. The molecule has 0 saturated carbocycles. The van der Waals surface area contributed by atoms with E-state index < -0.39 is 17.4 Å². The number of aliphatic hydroxyl groups excluding tert-OH is 1. The van der Waals surface area contributed by atoms with Crippen molar-refractivity contribution in [3.05, 3.63) is 74.4 Å². The van der Waals surface area contributed by atoms with E-state index in [0.717, 1.165) is 0 Å². The van der Waals surface area contributed by atoms with Gasteiger partial charge in [0, 0.05) is 12.6 Å². The average molecular weight is 427 g/mol. The molecule has 2 heterocycles. The van der Waals surface area contributed by atoms with Gasteiger partial charge in [-0.1, -0.05) is 29.8 Å². The van der Waals surface area contributed by atoms with Gasteiger partial charge in [0.25, 0.3) is 5.56 Å². The van der Waals surface area contributed by atoms with Gasteiger partial charge in [-0.2, -0.15) is 0 Å². The van der Waals surface area contributed by atoms with Gasteiger partial charge >= 0.3 is 5.69 Å². The molecule has 0 aliphatic rings. The molecule has 0 amide bonds. The molecule has 1 atom stereocenters. The summed E-state index contributed by atoms with van der Waals surface area (Å²) in [4.78, 5) is 31.4. The van der Waals surface area contributed by atoms with Crippen LogP contribution in [-0.2, 0) is 13.6 Å². The van der Waals surface area contributed by atoms with E-state index in [1.807, 2.05) is 30.3 Å². The third kappa shape index (κ3) is 3.62. The Morgan fingerprint density at radius 3 is 2.60 bits per heavy atom. The fourth-order valence-electron chi connectivity index (χ4n) is 3.28. The summed E-state index contributed by atoms with van der Waals surface area (Å²) in [6.07, 6.45) is -0.786. The Bertz CT molecular complexity index is 1340. The van der Waals surface area contributed by atoms with Crippen molar-refractivity contribution in [2.75, 3.05) is 0 Å². The van der Waals surface area contributed by atoms with Crippen molar-refractivity contribution >= 4 is 22.8 Å². The lowest BCUT2D eigenvalue weighted by Crippen LogP contribution is -2.33. The van der Waals surface area contributed by atoms with Crippen LogP contribution in [0.5, 0.6) is 11.5 Å². The number of aromatic amines is 1. The summed E-state index contributed by atoms with van der Waals surface area (Å²) in [5.74, 6) is 1.59. The van der Waals surface area contributed by atoms with E-state index in [-0.39, 0.29) is 17.7 Å². The molecule has 8 nitrogen and oxygen atoms in total. The number of hydrogen-bond donors (Lipinski definition) is 2. The van der Waals surface area contributed by atoms with Gasteiger partial charge in [0.15, 0.2) is 11.2 Å². The van der Waals surface area contributed by atoms with Crippen molar-refractivity contribution in [2.24, 2.45) is 7.05 Å². The number of H-pyrrole nitrogens is 1. The second-order valence-electron chi connectivity index (χ2n) is 6.95. The minimum atomic E-state index is -0.786. The first-order chi connectivity index (χ1) is 14.3. The van der Waals surface area contributed by atoms with E-state index in [4.69, 9.17) is 16.3 Å². The molecule has 2 aromatic carbocycles. The lowest BCUT2D eigenvalue weighted by molar-refractivity contribution is 0.173. The monoisotopic (exact) mass is 426 g/mol. The van der Waals surface area contributed by atoms with Crippen LogP contribution in [0.25, 0.3) is 22.6 Å². The van der Waals surface area contributed by atoms with E-state index >= 15 is 0 Å². The maximum Gasteiger partial charge on any atom is 0.330 e. The second kappa shape index (κ2) is 7.81. The molecule has 0 radical (unpaired) electrons. The summed E-state index contributed by atoms with van der Waals surface area (Å²) >= 11 is 6.42. The van der Waals surface area contributed by atoms with Crippen LogP contribution in [-0.4, -0.2) is 30.3 Å². The van der Waals surface area contributed by atoms with Crippen LogP contribution in [0.3, 0.4) is 0 Å². The SMILES string of the molecule is CC(O)Cn1c(=O)[nH]c(=O)c2c1nc(-c1ccc(Oc3ccccc3)c(Cl)c1)n2C. The summed E-state index contributed by atoms with van der Waals surface area (Å²) in [5.41, 5.74) is -0.0978. The Kier molecular flexibility index (Phi) is 5.19. The molecule has 0 aliphatic carbocycles. The predicted molar refractivity (Wildman–Crippen MR) is 114 cm³/mol. The van der Waals surface area contributed by atoms with Gasteiger partial charge in [0.1, 0.15) is 17.3 Å². The number of ether oxygens (including phenoxy) is 1. The van der Waals surface area contributed by atoms with E-state index in [1.54, 1.807) is 36.7 Å². The van der Waals surface area contributed by atoms with Gasteiger partial charge in [-0.15, -0.1) is 0 Å². The highest BCUT2D eigenvalue weighted by molar-refractivity contribution is 6.32. The zero-order valence-corrected chi connectivity index (χ0v) is 17.1. The van der Waals surface area contributed by atoms with Crippen LogP contribution in [0.2, 0.25) is 5.02 Å². The van der Waals surface area contributed by atoms with Crippen molar-refractivity contribution in [3.8, 4) is 22.9 Å². The molecule has 2 N–H and O–H groups in total. The molecule has 2 aromatic heterocycles. The highest BCUT2D eigenvalue weighted by Gasteiger charge is 2.19. The van der Waals surface area contributed by atoms with Crippen molar-refractivity contribution in [1.29, 1.82) is 0 Å². The van der Waals surface area contributed by atoms with Crippen LogP contribution in [0, 0.1) is 0 Å². The molecule has 4 rings (SSSR count). The maximum absolute atomic E-state index is 12.4. The van der Waals surface area contributed by atoms with Crippen molar-refractivity contribution in [3.63, 3.8) is 0 Å². The second-order valence-corrected chi connectivity index (χ2v) is 7.35. The number of aliphatic hydroxyl groups is 1. The molecule has 0 bridgehead atoms. The molecule has 0 fully saturated rings. The number of halogens is 1. The standard InChI is InChI=1S/C21H19ClN4O4/c1-12(27)11-26-19-17(20(28)24-21(26)29)25(2)18(23-19)13-8-9-16(15(22)10-13)30-14-6-4-3-5-7-14/h3-10,12,27H,11H2,1-2H3,(H,24,28,29). The number of aromatic nitrogens is 4. The van der Waals surface area contributed by atoms with E-state index in [2.05, 4.69) is 9.97 Å². The molecule has 30 heavy (non-hydrogen) atoms. The Morgan fingerprint density at radius 2 is 1.93 bits per heavy atom. The predicted octanol–water partition coefficient (Wildman–Crippen LogP) is 2.92. The molecular weight excluding hydrogens is 408 g/mol. The number of benzene rings is 2. The van der Waals surface area contributed by atoms with Gasteiger partial charge in [0.05, 0.1) is 17.7 Å². The highest BCUT2D eigenvalue weighted by Crippen LogP contribution is 2.33. The van der Waals surface area contributed by atoms with E-state index in [9.17, 15) is 14.7 Å². The molecule has 154 valence electrons.